The van der Waals surface area contributed by atoms with Gasteiger partial charge in [-0.05, 0) is 16.3 Å². The van der Waals surface area contributed by atoms with Gasteiger partial charge in [-0.15, -0.1) is 0 Å². The Labute approximate surface area is 79.2 Å². The third kappa shape index (κ3) is 1.33. The maximum atomic E-state index is 5.89. The SMILES string of the molecule is Clc1csn[n+]1-c1ccccc1. The molecule has 1 aromatic carbocycles. The van der Waals surface area contributed by atoms with E-state index in [0.29, 0.717) is 5.15 Å². The van der Waals surface area contributed by atoms with Crippen molar-refractivity contribution < 1.29 is 4.68 Å². The molecule has 0 aliphatic heterocycles. The van der Waals surface area contributed by atoms with Crippen LogP contribution in [-0.2, 0) is 0 Å². The van der Waals surface area contributed by atoms with E-state index in [1.165, 1.54) is 11.5 Å². The number of nitrogens with zero attached hydrogens (tertiary/aromatic N) is 2. The second kappa shape index (κ2) is 3.21. The zero-order chi connectivity index (χ0) is 8.39. The summed E-state index contributed by atoms with van der Waals surface area (Å²) in [6.45, 7) is 0. The maximum Gasteiger partial charge on any atom is 0.319 e. The van der Waals surface area contributed by atoms with Crippen LogP contribution in [0.15, 0.2) is 35.7 Å². The van der Waals surface area contributed by atoms with Crippen molar-refractivity contribution in [1.29, 1.82) is 0 Å². The second-order valence-corrected chi connectivity index (χ2v) is 3.27. The Morgan fingerprint density at radius 3 is 2.58 bits per heavy atom. The lowest BCUT2D eigenvalue weighted by Gasteiger charge is -1.86. The zero-order valence-corrected chi connectivity index (χ0v) is 7.72. The predicted molar refractivity (Wildman–Crippen MR) is 48.7 cm³/mol. The van der Waals surface area contributed by atoms with Gasteiger partial charge >= 0.3 is 5.15 Å². The highest BCUT2D eigenvalue weighted by atomic mass is 35.5. The van der Waals surface area contributed by atoms with Gasteiger partial charge in [0.25, 0.3) is 0 Å². The number of para-hydroxylation sites is 1. The number of aromatic nitrogens is 2. The highest BCUT2D eigenvalue weighted by Gasteiger charge is 2.14. The number of rotatable bonds is 1. The van der Waals surface area contributed by atoms with Crippen molar-refractivity contribution >= 4 is 23.1 Å². The molecule has 0 aliphatic carbocycles. The monoisotopic (exact) mass is 197 g/mol. The number of halogens is 1. The van der Waals surface area contributed by atoms with E-state index in [1.54, 1.807) is 10.1 Å². The van der Waals surface area contributed by atoms with Crippen molar-refractivity contribution in [1.82, 2.24) is 4.49 Å². The molecule has 0 fully saturated rings. The van der Waals surface area contributed by atoms with Crippen LogP contribution in [-0.4, -0.2) is 4.49 Å². The lowest BCUT2D eigenvalue weighted by molar-refractivity contribution is -0.648. The quantitative estimate of drug-likeness (QED) is 0.640. The minimum absolute atomic E-state index is 0.645. The molecule has 0 saturated heterocycles. The summed E-state index contributed by atoms with van der Waals surface area (Å²) < 4.78 is 5.81. The first kappa shape index (κ1) is 7.71. The third-order valence-electron chi connectivity index (χ3n) is 1.48. The van der Waals surface area contributed by atoms with Gasteiger partial charge in [0.1, 0.15) is 5.38 Å². The van der Waals surface area contributed by atoms with Crippen molar-refractivity contribution in [3.8, 4) is 5.69 Å². The first-order valence-corrected chi connectivity index (χ1v) is 4.67. The summed E-state index contributed by atoms with van der Waals surface area (Å²) in [5.41, 5.74) is 0.990. The molecule has 0 bridgehead atoms. The zero-order valence-electron chi connectivity index (χ0n) is 6.14. The van der Waals surface area contributed by atoms with Crippen LogP contribution >= 0.6 is 23.1 Å². The lowest BCUT2D eigenvalue weighted by Crippen LogP contribution is -2.32. The number of hydrogen-bond donors (Lipinski definition) is 0. The van der Waals surface area contributed by atoms with Crippen LogP contribution in [0.5, 0.6) is 0 Å². The molecular formula is C8H6ClN2S+. The Morgan fingerprint density at radius 2 is 2.00 bits per heavy atom. The van der Waals surface area contributed by atoms with Gasteiger partial charge in [-0.1, -0.05) is 18.2 Å². The van der Waals surface area contributed by atoms with Crippen molar-refractivity contribution in [3.05, 3.63) is 40.9 Å². The average Bonchev–Trinajstić information content (AvgIpc) is 2.53. The van der Waals surface area contributed by atoms with Crippen LogP contribution in [0.3, 0.4) is 0 Å². The third-order valence-corrected chi connectivity index (χ3v) is 2.47. The van der Waals surface area contributed by atoms with E-state index in [4.69, 9.17) is 11.6 Å². The van der Waals surface area contributed by atoms with Crippen LogP contribution in [0.1, 0.15) is 0 Å². The van der Waals surface area contributed by atoms with Crippen LogP contribution < -0.4 is 4.68 Å². The second-order valence-electron chi connectivity index (χ2n) is 2.27. The molecule has 0 atom stereocenters. The van der Waals surface area contributed by atoms with Gasteiger partial charge in [-0.25, -0.2) is 0 Å². The topological polar surface area (TPSA) is 16.8 Å². The van der Waals surface area contributed by atoms with Gasteiger partial charge in [0, 0.05) is 23.7 Å². The smallest absolute Gasteiger partial charge is 0.0618 e. The van der Waals surface area contributed by atoms with E-state index in [0.717, 1.165) is 5.69 Å². The molecule has 12 heavy (non-hydrogen) atoms. The first-order valence-electron chi connectivity index (χ1n) is 3.45. The number of hydrogen-bond acceptors (Lipinski definition) is 2. The van der Waals surface area contributed by atoms with Crippen LogP contribution in [0.2, 0.25) is 5.15 Å². The number of benzene rings is 1. The van der Waals surface area contributed by atoms with Gasteiger partial charge in [0.05, 0.1) is 4.49 Å². The summed E-state index contributed by atoms with van der Waals surface area (Å²) in [6, 6.07) is 9.80. The van der Waals surface area contributed by atoms with E-state index in [2.05, 4.69) is 4.49 Å². The molecule has 0 saturated carbocycles. The minimum Gasteiger partial charge on any atom is -0.0618 e. The van der Waals surface area contributed by atoms with Crippen molar-refractivity contribution in [2.45, 2.75) is 0 Å². The molecule has 2 rings (SSSR count). The van der Waals surface area contributed by atoms with Gasteiger partial charge in [-0.3, -0.25) is 0 Å². The van der Waals surface area contributed by atoms with Gasteiger partial charge in [-0.2, -0.15) is 0 Å². The summed E-state index contributed by atoms with van der Waals surface area (Å²) in [4.78, 5) is 0. The van der Waals surface area contributed by atoms with Crippen LogP contribution in [0.25, 0.3) is 5.69 Å². The average molecular weight is 198 g/mol. The molecule has 1 heterocycles. The standard InChI is InChI=1S/C8H6ClN2S/c9-8-6-12-10-11(8)7-4-2-1-3-5-7/h1-6H/q+1. The van der Waals surface area contributed by atoms with Crippen molar-refractivity contribution in [3.63, 3.8) is 0 Å². The Morgan fingerprint density at radius 1 is 1.25 bits per heavy atom. The molecule has 4 heteroatoms. The van der Waals surface area contributed by atoms with E-state index in [-0.39, 0.29) is 0 Å². The molecule has 2 nitrogen and oxygen atoms in total. The van der Waals surface area contributed by atoms with Gasteiger partial charge in [0.15, 0.2) is 0 Å². The van der Waals surface area contributed by atoms with Crippen molar-refractivity contribution in [2.75, 3.05) is 0 Å². The summed E-state index contributed by atoms with van der Waals surface area (Å²) in [7, 11) is 0. The van der Waals surface area contributed by atoms with Gasteiger partial charge in [0.2, 0.25) is 5.69 Å². The molecule has 1 aromatic heterocycles. The molecule has 0 radical (unpaired) electrons. The minimum atomic E-state index is 0.645. The lowest BCUT2D eigenvalue weighted by atomic mass is 10.3. The Kier molecular flexibility index (Phi) is 2.06. The van der Waals surface area contributed by atoms with Crippen molar-refractivity contribution in [2.24, 2.45) is 0 Å². The highest BCUT2D eigenvalue weighted by molar-refractivity contribution is 7.03. The first-order chi connectivity index (χ1) is 5.88. The van der Waals surface area contributed by atoms with Crippen LogP contribution in [0.4, 0.5) is 0 Å². The fraction of sp³-hybridized carbons (Fsp3) is 0. The molecule has 60 valence electrons. The summed E-state index contributed by atoms with van der Waals surface area (Å²) in [5, 5.41) is 2.44. The molecular weight excluding hydrogens is 192 g/mol. The summed E-state index contributed by atoms with van der Waals surface area (Å²) in [6.07, 6.45) is 0. The van der Waals surface area contributed by atoms with Gasteiger partial charge < -0.3 is 0 Å². The normalized spacial score (nSPS) is 10.1. The van der Waals surface area contributed by atoms with E-state index in [9.17, 15) is 0 Å². The Bertz CT molecular complexity index is 372. The largest absolute Gasteiger partial charge is 0.319 e. The van der Waals surface area contributed by atoms with E-state index in [1.807, 2.05) is 30.3 Å². The predicted octanol–water partition coefficient (Wildman–Crippen LogP) is 2.07. The Hall–Kier alpha value is -0.930. The maximum absolute atomic E-state index is 5.89. The molecule has 0 amide bonds. The fourth-order valence-corrected chi connectivity index (χ4v) is 1.75. The summed E-state index contributed by atoms with van der Waals surface area (Å²) in [5.74, 6) is 0. The fourth-order valence-electron chi connectivity index (χ4n) is 0.943. The Balaban J connectivity index is 2.51. The molecule has 0 aliphatic rings. The van der Waals surface area contributed by atoms with E-state index >= 15 is 0 Å². The van der Waals surface area contributed by atoms with E-state index < -0.39 is 0 Å². The summed E-state index contributed by atoms with van der Waals surface area (Å²) >= 11 is 7.23. The molecule has 2 aromatic rings. The molecule has 0 N–H and O–H groups in total. The molecule has 0 spiro atoms. The van der Waals surface area contributed by atoms with Crippen LogP contribution in [0, 0.1) is 0 Å². The highest BCUT2D eigenvalue weighted by Crippen LogP contribution is 2.06. The molecule has 0 unspecified atom stereocenters.